The molecule has 0 spiro atoms. The third-order valence-electron chi connectivity index (χ3n) is 4.87. The number of para-hydroxylation sites is 1. The number of hydrogen-bond acceptors (Lipinski definition) is 6. The molecule has 0 bridgehead atoms. The number of carbonyl (C=O) groups excluding carboxylic acids is 1. The summed E-state index contributed by atoms with van der Waals surface area (Å²) in [5.74, 6) is 1.72. The van der Waals surface area contributed by atoms with Crippen molar-refractivity contribution in [1.29, 1.82) is 0 Å². The molecule has 1 fully saturated rings. The molecule has 3 aromatic rings. The van der Waals surface area contributed by atoms with Gasteiger partial charge in [-0.05, 0) is 50.9 Å². The molecule has 2 N–H and O–H groups in total. The van der Waals surface area contributed by atoms with Gasteiger partial charge in [-0.1, -0.05) is 12.1 Å². The van der Waals surface area contributed by atoms with Crippen molar-refractivity contribution in [2.24, 2.45) is 7.05 Å². The number of benzene rings is 1. The summed E-state index contributed by atoms with van der Waals surface area (Å²) < 4.78 is 2.87. The van der Waals surface area contributed by atoms with Crippen molar-refractivity contribution in [3.63, 3.8) is 0 Å². The fraction of sp³-hybridized carbons (Fsp3) is 0.474. The topological polar surface area (TPSA) is 84.7 Å². The lowest BCUT2D eigenvalue weighted by Gasteiger charge is -2.19. The van der Waals surface area contributed by atoms with Crippen LogP contribution in [-0.4, -0.2) is 38.7 Å². The van der Waals surface area contributed by atoms with Gasteiger partial charge in [-0.15, -0.1) is 11.3 Å². The molecule has 1 saturated heterocycles. The van der Waals surface area contributed by atoms with Crippen LogP contribution in [0, 0.1) is 0 Å². The molecular formula is C19H24N6OS. The molecule has 4 rings (SSSR count). The standard InChI is InChI=1S/C19H24N6OS/c1-25-19(23-18(24-25)13-9-11-20-12-10-13)22-16(26)7-4-8-17-21-14-5-2-3-6-15(14)27-17/h2-3,5-6,13,20H,4,7-12H2,1H3,(H,22,23,24,26). The molecule has 3 heterocycles. The summed E-state index contributed by atoms with van der Waals surface area (Å²) in [6, 6.07) is 8.13. The number of nitrogens with one attached hydrogen (secondary N) is 2. The van der Waals surface area contributed by atoms with Crippen LogP contribution in [0.5, 0.6) is 0 Å². The number of aromatic nitrogens is 4. The van der Waals surface area contributed by atoms with Crippen molar-refractivity contribution in [3.05, 3.63) is 35.1 Å². The first-order chi connectivity index (χ1) is 13.2. The Morgan fingerprint density at radius 3 is 2.93 bits per heavy atom. The zero-order valence-electron chi connectivity index (χ0n) is 15.4. The largest absolute Gasteiger partial charge is 0.317 e. The lowest BCUT2D eigenvalue weighted by atomic mass is 9.98. The van der Waals surface area contributed by atoms with Crippen LogP contribution in [-0.2, 0) is 18.3 Å². The number of carbonyl (C=O) groups is 1. The van der Waals surface area contributed by atoms with E-state index in [4.69, 9.17) is 0 Å². The number of fused-ring (bicyclic) bond motifs is 1. The van der Waals surface area contributed by atoms with Gasteiger partial charge in [0.05, 0.1) is 15.2 Å². The molecule has 1 aliphatic rings. The average Bonchev–Trinajstić information content (AvgIpc) is 3.26. The van der Waals surface area contributed by atoms with E-state index in [0.717, 1.165) is 55.1 Å². The molecule has 1 amide bonds. The minimum atomic E-state index is -0.0246. The lowest BCUT2D eigenvalue weighted by Crippen LogP contribution is -2.27. The van der Waals surface area contributed by atoms with Crippen LogP contribution in [0.1, 0.15) is 42.4 Å². The monoisotopic (exact) mass is 384 g/mol. The number of hydrogen-bond donors (Lipinski definition) is 2. The Hall–Kier alpha value is -2.32. The van der Waals surface area contributed by atoms with Gasteiger partial charge in [-0.2, -0.15) is 10.1 Å². The van der Waals surface area contributed by atoms with E-state index in [1.165, 1.54) is 4.70 Å². The van der Waals surface area contributed by atoms with Crippen LogP contribution in [0.3, 0.4) is 0 Å². The molecule has 0 saturated carbocycles. The van der Waals surface area contributed by atoms with Crippen LogP contribution in [0.15, 0.2) is 24.3 Å². The molecule has 8 heteroatoms. The molecule has 0 atom stereocenters. The quantitative estimate of drug-likeness (QED) is 0.683. The van der Waals surface area contributed by atoms with Gasteiger partial charge in [0.2, 0.25) is 11.9 Å². The van der Waals surface area contributed by atoms with E-state index >= 15 is 0 Å². The molecule has 0 radical (unpaired) electrons. The number of rotatable bonds is 6. The van der Waals surface area contributed by atoms with Gasteiger partial charge in [-0.25, -0.2) is 9.67 Å². The lowest BCUT2D eigenvalue weighted by molar-refractivity contribution is -0.116. The molecule has 142 valence electrons. The minimum absolute atomic E-state index is 0.0246. The van der Waals surface area contributed by atoms with E-state index in [1.807, 2.05) is 25.2 Å². The first kappa shape index (κ1) is 18.1. The molecule has 7 nitrogen and oxygen atoms in total. The fourth-order valence-electron chi connectivity index (χ4n) is 3.38. The van der Waals surface area contributed by atoms with Crippen LogP contribution in [0.2, 0.25) is 0 Å². The first-order valence-corrected chi connectivity index (χ1v) is 10.3. The first-order valence-electron chi connectivity index (χ1n) is 9.45. The highest BCUT2D eigenvalue weighted by atomic mass is 32.1. The number of thiazole rings is 1. The van der Waals surface area contributed by atoms with Crippen molar-refractivity contribution >= 4 is 33.4 Å². The molecule has 0 aliphatic carbocycles. The van der Waals surface area contributed by atoms with E-state index in [9.17, 15) is 4.79 Å². The van der Waals surface area contributed by atoms with Gasteiger partial charge in [0, 0.05) is 19.4 Å². The van der Waals surface area contributed by atoms with Crippen LogP contribution in [0.25, 0.3) is 10.2 Å². The Balaban J connectivity index is 1.29. The summed E-state index contributed by atoms with van der Waals surface area (Å²) >= 11 is 1.70. The van der Waals surface area contributed by atoms with E-state index < -0.39 is 0 Å². The van der Waals surface area contributed by atoms with E-state index in [2.05, 4.69) is 31.8 Å². The predicted octanol–water partition coefficient (Wildman–Crippen LogP) is 2.85. The van der Waals surface area contributed by atoms with Crippen LogP contribution < -0.4 is 10.6 Å². The summed E-state index contributed by atoms with van der Waals surface area (Å²) in [6.07, 6.45) is 4.11. The SMILES string of the molecule is Cn1nc(C2CCNCC2)nc1NC(=O)CCCc1nc2ccccc2s1. The average molecular weight is 385 g/mol. The number of anilines is 1. The van der Waals surface area contributed by atoms with Crippen LogP contribution >= 0.6 is 11.3 Å². The van der Waals surface area contributed by atoms with Crippen molar-refractivity contribution in [3.8, 4) is 0 Å². The highest BCUT2D eigenvalue weighted by Gasteiger charge is 2.21. The molecule has 27 heavy (non-hydrogen) atoms. The Morgan fingerprint density at radius 1 is 1.30 bits per heavy atom. The second kappa shape index (κ2) is 8.14. The Labute approximate surface area is 162 Å². The molecular weight excluding hydrogens is 360 g/mol. The maximum Gasteiger partial charge on any atom is 0.227 e. The highest BCUT2D eigenvalue weighted by Crippen LogP contribution is 2.24. The summed E-state index contributed by atoms with van der Waals surface area (Å²) in [6.45, 7) is 1.99. The number of amides is 1. The second-order valence-electron chi connectivity index (χ2n) is 6.92. The van der Waals surface area contributed by atoms with E-state index in [1.54, 1.807) is 16.0 Å². The number of nitrogens with zero attached hydrogens (tertiary/aromatic N) is 4. The molecule has 0 unspecified atom stereocenters. The Kier molecular flexibility index (Phi) is 5.45. The fourth-order valence-corrected chi connectivity index (χ4v) is 4.39. The maximum atomic E-state index is 12.3. The second-order valence-corrected chi connectivity index (χ2v) is 8.03. The summed E-state index contributed by atoms with van der Waals surface area (Å²) in [5.41, 5.74) is 1.03. The van der Waals surface area contributed by atoms with Crippen molar-refractivity contribution in [2.45, 2.75) is 38.0 Å². The molecule has 2 aromatic heterocycles. The zero-order valence-corrected chi connectivity index (χ0v) is 16.3. The minimum Gasteiger partial charge on any atom is -0.317 e. The highest BCUT2D eigenvalue weighted by molar-refractivity contribution is 7.18. The van der Waals surface area contributed by atoms with Gasteiger partial charge < -0.3 is 5.32 Å². The normalized spacial score (nSPS) is 15.3. The predicted molar refractivity (Wildman–Crippen MR) is 107 cm³/mol. The van der Waals surface area contributed by atoms with Gasteiger partial charge in [-0.3, -0.25) is 10.1 Å². The number of piperidine rings is 1. The van der Waals surface area contributed by atoms with E-state index in [-0.39, 0.29) is 5.91 Å². The smallest absolute Gasteiger partial charge is 0.227 e. The Bertz CT molecular complexity index is 894. The van der Waals surface area contributed by atoms with E-state index in [0.29, 0.717) is 18.3 Å². The van der Waals surface area contributed by atoms with Crippen LogP contribution in [0.4, 0.5) is 5.95 Å². The van der Waals surface area contributed by atoms with Crippen molar-refractivity contribution < 1.29 is 4.79 Å². The van der Waals surface area contributed by atoms with Gasteiger partial charge in [0.25, 0.3) is 0 Å². The zero-order chi connectivity index (χ0) is 18.6. The maximum absolute atomic E-state index is 12.3. The summed E-state index contributed by atoms with van der Waals surface area (Å²) in [4.78, 5) is 21.5. The van der Waals surface area contributed by atoms with Gasteiger partial charge >= 0.3 is 0 Å². The van der Waals surface area contributed by atoms with Crippen molar-refractivity contribution in [1.82, 2.24) is 25.1 Å². The Morgan fingerprint density at radius 2 is 2.11 bits per heavy atom. The van der Waals surface area contributed by atoms with Gasteiger partial charge in [0.1, 0.15) is 0 Å². The third kappa shape index (κ3) is 4.33. The molecule has 1 aromatic carbocycles. The van der Waals surface area contributed by atoms with Crippen molar-refractivity contribution in [2.75, 3.05) is 18.4 Å². The number of aryl methyl sites for hydroxylation is 2. The third-order valence-corrected chi connectivity index (χ3v) is 5.96. The molecule has 1 aliphatic heterocycles. The summed E-state index contributed by atoms with van der Waals surface area (Å²) in [5, 5.41) is 11.8. The van der Waals surface area contributed by atoms with Gasteiger partial charge in [0.15, 0.2) is 5.82 Å². The summed E-state index contributed by atoms with van der Waals surface area (Å²) in [7, 11) is 1.83.